The molecule has 0 amide bonds. The molecule has 0 aliphatic carbocycles. The minimum absolute atomic E-state index is 0.199. The van der Waals surface area contributed by atoms with Gasteiger partial charge in [0, 0.05) is 30.6 Å². The quantitative estimate of drug-likeness (QED) is 0.480. The molecule has 162 valence electrons. The summed E-state index contributed by atoms with van der Waals surface area (Å²) in [5.41, 5.74) is 1.32. The van der Waals surface area contributed by atoms with Crippen molar-refractivity contribution in [3.63, 3.8) is 0 Å². The molecule has 0 unspecified atom stereocenters. The summed E-state index contributed by atoms with van der Waals surface area (Å²) in [5.74, 6) is 2.73. The summed E-state index contributed by atoms with van der Waals surface area (Å²) in [6.45, 7) is 2.34. The summed E-state index contributed by atoms with van der Waals surface area (Å²) >= 11 is 0. The highest BCUT2D eigenvalue weighted by Gasteiger charge is 2.19. The Kier molecular flexibility index (Phi) is 4.98. The van der Waals surface area contributed by atoms with E-state index in [9.17, 15) is 8.42 Å². The van der Waals surface area contributed by atoms with Crippen LogP contribution in [-0.2, 0) is 16.4 Å². The Morgan fingerprint density at radius 2 is 1.94 bits per heavy atom. The normalized spacial score (nSPS) is 12.8. The number of ether oxygens (including phenoxy) is 2. The predicted molar refractivity (Wildman–Crippen MR) is 117 cm³/mol. The molecule has 0 fully saturated rings. The van der Waals surface area contributed by atoms with Crippen LogP contribution in [0, 0.1) is 6.92 Å². The van der Waals surface area contributed by atoms with Crippen LogP contribution in [0.25, 0.3) is 5.82 Å². The summed E-state index contributed by atoms with van der Waals surface area (Å²) in [7, 11) is -3.72. The molecule has 0 saturated heterocycles. The van der Waals surface area contributed by atoms with Crippen molar-refractivity contribution in [3.8, 4) is 23.2 Å². The van der Waals surface area contributed by atoms with Crippen LogP contribution < -0.4 is 14.2 Å². The van der Waals surface area contributed by atoms with E-state index < -0.39 is 10.0 Å². The van der Waals surface area contributed by atoms with Crippen molar-refractivity contribution in [1.82, 2.24) is 19.7 Å². The lowest BCUT2D eigenvalue weighted by Crippen LogP contribution is -2.13. The number of rotatable bonds is 6. The van der Waals surface area contributed by atoms with Gasteiger partial charge in [0.15, 0.2) is 5.82 Å². The number of sulfonamides is 1. The maximum atomic E-state index is 12.8. The first-order chi connectivity index (χ1) is 15.5. The minimum Gasteiger partial charge on any atom is -0.493 e. The fourth-order valence-electron chi connectivity index (χ4n) is 3.36. The Morgan fingerprint density at radius 3 is 2.72 bits per heavy atom. The number of benzene rings is 2. The van der Waals surface area contributed by atoms with Gasteiger partial charge in [-0.1, -0.05) is 0 Å². The van der Waals surface area contributed by atoms with Crippen molar-refractivity contribution >= 4 is 15.7 Å². The molecule has 0 atom stereocenters. The van der Waals surface area contributed by atoms with Gasteiger partial charge in [-0.15, -0.1) is 0 Å². The van der Waals surface area contributed by atoms with Crippen LogP contribution in [0.4, 0.5) is 5.69 Å². The van der Waals surface area contributed by atoms with Crippen LogP contribution >= 0.6 is 0 Å². The Bertz CT molecular complexity index is 1370. The van der Waals surface area contributed by atoms with Crippen molar-refractivity contribution in [1.29, 1.82) is 0 Å². The summed E-state index contributed by atoms with van der Waals surface area (Å²) in [5, 5.41) is 4.16. The van der Waals surface area contributed by atoms with E-state index in [0.29, 0.717) is 42.0 Å². The molecule has 0 bridgehead atoms. The molecular weight excluding hydrogens is 430 g/mol. The van der Waals surface area contributed by atoms with E-state index >= 15 is 0 Å². The molecule has 3 heterocycles. The third-order valence-corrected chi connectivity index (χ3v) is 6.22. The van der Waals surface area contributed by atoms with Gasteiger partial charge in [-0.3, -0.25) is 4.72 Å². The van der Waals surface area contributed by atoms with Crippen molar-refractivity contribution < 1.29 is 17.9 Å². The van der Waals surface area contributed by atoms with Crippen molar-refractivity contribution in [2.75, 3.05) is 11.3 Å². The highest BCUT2D eigenvalue weighted by atomic mass is 32.2. The second-order valence-electron chi connectivity index (χ2n) is 7.16. The lowest BCUT2D eigenvalue weighted by molar-refractivity contribution is 0.356. The second-order valence-corrected chi connectivity index (χ2v) is 8.84. The number of fused-ring (bicyclic) bond motifs is 1. The number of nitrogens with zero attached hydrogens (tertiary/aromatic N) is 4. The molecule has 2 aromatic carbocycles. The van der Waals surface area contributed by atoms with E-state index in [1.165, 1.54) is 0 Å². The van der Waals surface area contributed by atoms with E-state index in [-0.39, 0.29) is 4.90 Å². The molecular formula is C22H19N5O4S. The van der Waals surface area contributed by atoms with Crippen molar-refractivity contribution in [3.05, 3.63) is 78.4 Å². The number of hydrogen-bond donors (Lipinski definition) is 1. The maximum Gasteiger partial charge on any atom is 0.261 e. The topological polar surface area (TPSA) is 108 Å². The van der Waals surface area contributed by atoms with Gasteiger partial charge in [0.05, 0.1) is 11.5 Å². The zero-order valence-corrected chi connectivity index (χ0v) is 17.9. The van der Waals surface area contributed by atoms with Gasteiger partial charge in [0.2, 0.25) is 5.88 Å². The predicted octanol–water partition coefficient (Wildman–Crippen LogP) is 3.50. The lowest BCUT2D eigenvalue weighted by Gasteiger charge is -2.11. The molecule has 1 aliphatic heterocycles. The number of nitrogens with one attached hydrogen (secondary N) is 1. The Morgan fingerprint density at radius 1 is 1.09 bits per heavy atom. The largest absolute Gasteiger partial charge is 0.493 e. The summed E-state index contributed by atoms with van der Waals surface area (Å²) in [6, 6.07) is 14.9. The number of anilines is 1. The zero-order valence-electron chi connectivity index (χ0n) is 17.1. The van der Waals surface area contributed by atoms with E-state index in [1.54, 1.807) is 78.6 Å². The standard InChI is InChI=1S/C22H19N5O4S/c1-15-24-21(27-11-2-10-23-27)14-22(25-15)31-18-5-3-17(4-6-18)26-32(28,29)19-7-8-20-16(13-19)9-12-30-20/h2-8,10-11,13-14,26H,9,12H2,1H3. The van der Waals surface area contributed by atoms with Crippen LogP contribution in [0.1, 0.15) is 11.4 Å². The van der Waals surface area contributed by atoms with Gasteiger partial charge < -0.3 is 9.47 Å². The first-order valence-electron chi connectivity index (χ1n) is 9.88. The molecule has 1 N–H and O–H groups in total. The molecule has 10 heteroatoms. The zero-order chi connectivity index (χ0) is 22.1. The summed E-state index contributed by atoms with van der Waals surface area (Å²) in [4.78, 5) is 8.84. The van der Waals surface area contributed by atoms with E-state index in [1.807, 2.05) is 0 Å². The monoisotopic (exact) mass is 449 g/mol. The van der Waals surface area contributed by atoms with Crippen LogP contribution in [-0.4, -0.2) is 34.8 Å². The van der Waals surface area contributed by atoms with Gasteiger partial charge >= 0.3 is 0 Å². The highest BCUT2D eigenvalue weighted by molar-refractivity contribution is 7.92. The number of hydrogen-bond acceptors (Lipinski definition) is 7. The average Bonchev–Trinajstić information content (AvgIpc) is 3.46. The van der Waals surface area contributed by atoms with Gasteiger partial charge in [0.1, 0.15) is 17.3 Å². The maximum absolute atomic E-state index is 12.8. The molecule has 5 rings (SSSR count). The van der Waals surface area contributed by atoms with Gasteiger partial charge in [-0.2, -0.15) is 10.1 Å². The Hall–Kier alpha value is -3.92. The van der Waals surface area contributed by atoms with Crippen LogP contribution in [0.15, 0.2) is 71.9 Å². The molecule has 2 aromatic heterocycles. The van der Waals surface area contributed by atoms with Crippen LogP contribution in [0.2, 0.25) is 0 Å². The van der Waals surface area contributed by atoms with E-state index in [4.69, 9.17) is 9.47 Å². The third kappa shape index (κ3) is 4.12. The van der Waals surface area contributed by atoms with Gasteiger partial charge in [-0.25, -0.2) is 18.1 Å². The van der Waals surface area contributed by atoms with E-state index in [0.717, 1.165) is 11.3 Å². The molecule has 9 nitrogen and oxygen atoms in total. The third-order valence-electron chi connectivity index (χ3n) is 4.84. The van der Waals surface area contributed by atoms with Crippen LogP contribution in [0.3, 0.4) is 0 Å². The Labute approximate surface area is 184 Å². The fraction of sp³-hybridized carbons (Fsp3) is 0.136. The highest BCUT2D eigenvalue weighted by Crippen LogP contribution is 2.29. The molecule has 0 saturated carbocycles. The van der Waals surface area contributed by atoms with Gasteiger partial charge in [-0.05, 0) is 61.0 Å². The SMILES string of the molecule is Cc1nc(Oc2ccc(NS(=O)(=O)c3ccc4c(c3)CCO4)cc2)cc(-n2cccn2)n1. The second kappa shape index (κ2) is 7.97. The van der Waals surface area contributed by atoms with E-state index in [2.05, 4.69) is 19.8 Å². The lowest BCUT2D eigenvalue weighted by atomic mass is 10.2. The summed E-state index contributed by atoms with van der Waals surface area (Å²) < 4.78 is 41.0. The van der Waals surface area contributed by atoms with Gasteiger partial charge in [0.25, 0.3) is 10.0 Å². The molecule has 0 spiro atoms. The first kappa shape index (κ1) is 20.0. The molecule has 32 heavy (non-hydrogen) atoms. The van der Waals surface area contributed by atoms with Crippen LogP contribution in [0.5, 0.6) is 17.4 Å². The Balaban J connectivity index is 1.31. The smallest absolute Gasteiger partial charge is 0.261 e. The van der Waals surface area contributed by atoms with Crippen molar-refractivity contribution in [2.24, 2.45) is 0 Å². The fourth-order valence-corrected chi connectivity index (χ4v) is 4.46. The molecule has 4 aromatic rings. The average molecular weight is 449 g/mol. The number of aryl methyl sites for hydroxylation is 1. The minimum atomic E-state index is -3.72. The molecule has 1 aliphatic rings. The number of aromatic nitrogens is 4. The van der Waals surface area contributed by atoms with Crippen molar-refractivity contribution in [2.45, 2.75) is 18.2 Å². The first-order valence-corrected chi connectivity index (χ1v) is 11.4. The summed E-state index contributed by atoms with van der Waals surface area (Å²) in [6.07, 6.45) is 4.14. The molecule has 0 radical (unpaired) electrons.